The minimum absolute atomic E-state index is 0.118. The smallest absolute Gasteiger partial charge is 0.282 e. The highest BCUT2D eigenvalue weighted by Gasteiger charge is 2.35. The number of anilines is 1. The van der Waals surface area contributed by atoms with Crippen molar-refractivity contribution in [2.45, 2.75) is 26.8 Å². The quantitative estimate of drug-likeness (QED) is 0.568. The molecule has 2 N–H and O–H groups in total. The maximum Gasteiger partial charge on any atom is 0.282 e. The van der Waals surface area contributed by atoms with Crippen LogP contribution in [-0.2, 0) is 15.0 Å². The molecule has 1 atom stereocenters. The molecule has 0 aliphatic carbocycles. The Kier molecular flexibility index (Phi) is 8.26. The van der Waals surface area contributed by atoms with Gasteiger partial charge in [0.15, 0.2) is 17.5 Å². The third-order valence-electron chi connectivity index (χ3n) is 5.38. The highest BCUT2D eigenvalue weighted by molar-refractivity contribution is 7.86. The second kappa shape index (κ2) is 10.2. The largest absolute Gasteiger partial charge is 0.493 e. The minimum Gasteiger partial charge on any atom is -0.493 e. The maximum absolute atomic E-state index is 12.7. The van der Waals surface area contributed by atoms with Crippen LogP contribution in [0.3, 0.4) is 0 Å². The molecule has 0 saturated carbocycles. The van der Waals surface area contributed by atoms with E-state index in [4.69, 9.17) is 9.47 Å². The van der Waals surface area contributed by atoms with E-state index in [1.807, 2.05) is 20.8 Å². The maximum atomic E-state index is 12.7. The molecule has 29 heavy (non-hydrogen) atoms. The van der Waals surface area contributed by atoms with Crippen LogP contribution in [0.1, 0.15) is 20.8 Å². The normalized spacial score (nSPS) is 17.2. The molecule has 0 spiro atoms. The highest BCUT2D eigenvalue weighted by Crippen LogP contribution is 2.29. The first-order valence-corrected chi connectivity index (χ1v) is 11.3. The Morgan fingerprint density at radius 2 is 1.76 bits per heavy atom. The number of amides is 1. The van der Waals surface area contributed by atoms with E-state index >= 15 is 0 Å². The third-order valence-corrected chi connectivity index (χ3v) is 7.57. The van der Waals surface area contributed by atoms with Crippen molar-refractivity contribution < 1.29 is 27.6 Å². The number of methoxy groups -OCH3 is 2. The Labute approximate surface area is 173 Å². The van der Waals surface area contributed by atoms with E-state index in [1.165, 1.54) is 8.61 Å². The van der Waals surface area contributed by atoms with Gasteiger partial charge in [0.2, 0.25) is 0 Å². The molecule has 1 heterocycles. The molecule has 1 saturated heterocycles. The number of nitrogens with one attached hydrogen (secondary N) is 2. The van der Waals surface area contributed by atoms with Crippen molar-refractivity contribution in [2.75, 3.05) is 58.8 Å². The molecular formula is C19H33N4O5S+. The monoisotopic (exact) mass is 429 g/mol. The van der Waals surface area contributed by atoms with Gasteiger partial charge in [-0.05, 0) is 19.1 Å². The molecule has 1 unspecified atom stereocenters. The van der Waals surface area contributed by atoms with E-state index in [-0.39, 0.29) is 11.9 Å². The summed E-state index contributed by atoms with van der Waals surface area (Å²) in [5.74, 6) is 1.02. The number of rotatable bonds is 9. The summed E-state index contributed by atoms with van der Waals surface area (Å²) in [6.07, 6.45) is 0. The van der Waals surface area contributed by atoms with Gasteiger partial charge in [-0.3, -0.25) is 4.79 Å². The Morgan fingerprint density at radius 1 is 1.17 bits per heavy atom. The van der Waals surface area contributed by atoms with Gasteiger partial charge >= 0.3 is 0 Å². The fourth-order valence-electron chi connectivity index (χ4n) is 3.50. The van der Waals surface area contributed by atoms with Crippen molar-refractivity contribution >= 4 is 21.8 Å². The van der Waals surface area contributed by atoms with Crippen LogP contribution >= 0.6 is 0 Å². The average molecular weight is 430 g/mol. The number of nitrogens with zero attached hydrogens (tertiary/aromatic N) is 2. The first kappa shape index (κ1) is 23.4. The number of quaternary nitrogens is 1. The molecule has 164 valence electrons. The first-order chi connectivity index (χ1) is 13.8. The number of benzene rings is 1. The SMILES string of the molecule is CCN(CC)S(=O)(=O)N1CC[NH+](C(C)C(=O)Nc2ccc(OC)c(OC)c2)CC1. The lowest BCUT2D eigenvalue weighted by Crippen LogP contribution is -3.19. The lowest BCUT2D eigenvalue weighted by molar-refractivity contribution is -0.917. The predicted octanol–water partition coefficient (Wildman–Crippen LogP) is -0.182. The summed E-state index contributed by atoms with van der Waals surface area (Å²) >= 11 is 0. The van der Waals surface area contributed by atoms with E-state index in [0.29, 0.717) is 56.5 Å². The average Bonchev–Trinajstić information content (AvgIpc) is 2.73. The minimum atomic E-state index is -3.43. The second-order valence-electron chi connectivity index (χ2n) is 6.93. The molecule has 0 aromatic heterocycles. The van der Waals surface area contributed by atoms with Crippen LogP contribution in [0.5, 0.6) is 11.5 Å². The Balaban J connectivity index is 1.97. The summed E-state index contributed by atoms with van der Waals surface area (Å²) in [5, 5.41) is 2.91. The predicted molar refractivity (Wildman–Crippen MR) is 112 cm³/mol. The van der Waals surface area contributed by atoms with Gasteiger partial charge in [0.05, 0.1) is 40.4 Å². The number of carbonyl (C=O) groups excluding carboxylic acids is 1. The number of carbonyl (C=O) groups is 1. The fourth-order valence-corrected chi connectivity index (χ4v) is 5.12. The molecule has 0 bridgehead atoms. The van der Waals surface area contributed by atoms with Gasteiger partial charge in [-0.2, -0.15) is 17.0 Å². The number of hydrogen-bond donors (Lipinski definition) is 2. The molecule has 1 aromatic rings. The van der Waals surface area contributed by atoms with Crippen LogP contribution in [0.4, 0.5) is 5.69 Å². The van der Waals surface area contributed by atoms with Crippen molar-refractivity contribution in [3.05, 3.63) is 18.2 Å². The highest BCUT2D eigenvalue weighted by atomic mass is 32.2. The van der Waals surface area contributed by atoms with Crippen molar-refractivity contribution in [1.82, 2.24) is 8.61 Å². The van der Waals surface area contributed by atoms with Gasteiger partial charge in [-0.15, -0.1) is 0 Å². The van der Waals surface area contributed by atoms with Crippen molar-refractivity contribution in [1.29, 1.82) is 0 Å². The zero-order valence-electron chi connectivity index (χ0n) is 17.9. The lowest BCUT2D eigenvalue weighted by atomic mass is 10.2. The van der Waals surface area contributed by atoms with E-state index in [0.717, 1.165) is 4.90 Å². The number of ether oxygens (including phenoxy) is 2. The van der Waals surface area contributed by atoms with E-state index in [1.54, 1.807) is 32.4 Å². The molecule has 9 nitrogen and oxygen atoms in total. The van der Waals surface area contributed by atoms with Gasteiger partial charge in [-0.25, -0.2) is 0 Å². The molecule has 10 heteroatoms. The van der Waals surface area contributed by atoms with Gasteiger partial charge in [0.1, 0.15) is 0 Å². The van der Waals surface area contributed by atoms with Crippen LogP contribution in [-0.4, -0.2) is 82.5 Å². The van der Waals surface area contributed by atoms with Crippen molar-refractivity contribution in [3.8, 4) is 11.5 Å². The van der Waals surface area contributed by atoms with Crippen molar-refractivity contribution in [2.24, 2.45) is 0 Å². The zero-order chi connectivity index (χ0) is 21.6. The molecular weight excluding hydrogens is 396 g/mol. The van der Waals surface area contributed by atoms with Crippen LogP contribution in [0.25, 0.3) is 0 Å². The number of hydrogen-bond acceptors (Lipinski definition) is 5. The standard InChI is InChI=1S/C19H32N4O5S/c1-6-22(7-2)29(25,26)23-12-10-21(11-13-23)15(3)19(24)20-16-8-9-17(27-4)18(14-16)28-5/h8-9,14-15H,6-7,10-13H2,1-5H3,(H,20,24)/p+1. The fraction of sp³-hybridized carbons (Fsp3) is 0.632. The molecule has 2 rings (SSSR count). The molecule has 0 radical (unpaired) electrons. The van der Waals surface area contributed by atoms with Crippen molar-refractivity contribution in [3.63, 3.8) is 0 Å². The summed E-state index contributed by atoms with van der Waals surface area (Å²) in [5.41, 5.74) is 0.627. The molecule has 1 aromatic carbocycles. The number of piperazine rings is 1. The summed E-state index contributed by atoms with van der Waals surface area (Å²) in [4.78, 5) is 13.8. The van der Waals surface area contributed by atoms with Gasteiger partial charge in [-0.1, -0.05) is 13.8 Å². The molecule has 1 fully saturated rings. The first-order valence-electron chi connectivity index (χ1n) is 9.91. The topological polar surface area (TPSA) is 92.6 Å². The van der Waals surface area contributed by atoms with Gasteiger partial charge < -0.3 is 19.7 Å². The summed E-state index contributed by atoms with van der Waals surface area (Å²) in [6, 6.07) is 4.91. The van der Waals surface area contributed by atoms with E-state index < -0.39 is 10.2 Å². The zero-order valence-corrected chi connectivity index (χ0v) is 18.7. The van der Waals surface area contributed by atoms with Crippen LogP contribution in [0.2, 0.25) is 0 Å². The third kappa shape index (κ3) is 5.39. The summed E-state index contributed by atoms with van der Waals surface area (Å²) < 4.78 is 38.8. The van der Waals surface area contributed by atoms with E-state index in [2.05, 4.69) is 5.32 Å². The van der Waals surface area contributed by atoms with Crippen LogP contribution < -0.4 is 19.7 Å². The van der Waals surface area contributed by atoms with Crippen LogP contribution in [0, 0.1) is 0 Å². The second-order valence-corrected chi connectivity index (χ2v) is 8.86. The Bertz CT molecular complexity index is 790. The summed E-state index contributed by atoms with van der Waals surface area (Å²) in [6.45, 7) is 8.42. The molecule has 1 aliphatic heterocycles. The van der Waals surface area contributed by atoms with Crippen LogP contribution in [0.15, 0.2) is 18.2 Å². The lowest BCUT2D eigenvalue weighted by Gasteiger charge is -2.36. The Hall–Kier alpha value is -1.88. The molecule has 1 aliphatic rings. The summed E-state index contributed by atoms with van der Waals surface area (Å²) in [7, 11) is -0.329. The van der Waals surface area contributed by atoms with E-state index in [9.17, 15) is 13.2 Å². The molecule has 1 amide bonds. The van der Waals surface area contributed by atoms with Gasteiger partial charge in [0, 0.05) is 24.8 Å². The Morgan fingerprint density at radius 3 is 2.28 bits per heavy atom. The van der Waals surface area contributed by atoms with Gasteiger partial charge in [0.25, 0.3) is 16.1 Å².